The van der Waals surface area contributed by atoms with Crippen LogP contribution >= 0.6 is 0 Å². The van der Waals surface area contributed by atoms with Crippen molar-refractivity contribution in [3.63, 3.8) is 0 Å². The minimum absolute atomic E-state index is 0.0214. The van der Waals surface area contributed by atoms with Gasteiger partial charge in [-0.3, -0.25) is 9.59 Å². The lowest BCUT2D eigenvalue weighted by atomic mass is 10.3. The number of alkyl halides is 3. The van der Waals surface area contributed by atoms with E-state index in [4.69, 9.17) is 9.47 Å². The number of hydrogen-bond donors (Lipinski definition) is 1. The number of fused-ring (bicyclic) bond motifs is 1. The predicted octanol–water partition coefficient (Wildman–Crippen LogP) is 1.71. The lowest BCUT2D eigenvalue weighted by Crippen LogP contribution is -2.17. The summed E-state index contributed by atoms with van der Waals surface area (Å²) in [6.45, 7) is 1.78. The molecule has 24 heavy (non-hydrogen) atoms. The number of aromatic amines is 1. The number of esters is 1. The van der Waals surface area contributed by atoms with Crippen molar-refractivity contribution in [3.8, 4) is 0 Å². The van der Waals surface area contributed by atoms with Crippen LogP contribution in [0.4, 0.5) is 13.2 Å². The fourth-order valence-corrected chi connectivity index (χ4v) is 2.22. The van der Waals surface area contributed by atoms with E-state index >= 15 is 0 Å². The molecule has 0 aliphatic rings. The van der Waals surface area contributed by atoms with E-state index in [9.17, 15) is 22.8 Å². The summed E-state index contributed by atoms with van der Waals surface area (Å²) in [6.07, 6.45) is -3.44. The highest BCUT2D eigenvalue weighted by Crippen LogP contribution is 2.32. The summed E-state index contributed by atoms with van der Waals surface area (Å²) in [6, 6.07) is 0.786. The van der Waals surface area contributed by atoms with Crippen LogP contribution < -0.4 is 5.56 Å². The number of carbonyl (C=O) groups is 1. The molecular weight excluding hydrogens is 331 g/mol. The average molecular weight is 347 g/mol. The number of halogens is 3. The number of hydrogen-bond acceptors (Lipinski definition) is 5. The maximum atomic E-state index is 13.1. The second-order valence-corrected chi connectivity index (χ2v) is 4.84. The molecule has 0 amide bonds. The molecule has 0 spiro atoms. The number of carbonyl (C=O) groups excluding carboxylic acids is 1. The second kappa shape index (κ2) is 7.47. The highest BCUT2D eigenvalue weighted by Gasteiger charge is 2.35. The predicted molar refractivity (Wildman–Crippen MR) is 77.4 cm³/mol. The molecule has 1 N–H and O–H groups in total. The lowest BCUT2D eigenvalue weighted by molar-refractivity contribution is -0.144. The SMILES string of the molecule is CCOC(=O)CCOCCn1c(C(F)(F)F)cc2c(=O)[nH]ncc21. The average Bonchev–Trinajstić information content (AvgIpc) is 2.88. The van der Waals surface area contributed by atoms with Gasteiger partial charge in [-0.2, -0.15) is 18.3 Å². The van der Waals surface area contributed by atoms with Crippen LogP contribution in [-0.4, -0.2) is 40.6 Å². The van der Waals surface area contributed by atoms with Crippen LogP contribution in [0.25, 0.3) is 10.9 Å². The third kappa shape index (κ3) is 4.13. The Labute approximate surface area is 134 Å². The van der Waals surface area contributed by atoms with Gasteiger partial charge in [-0.1, -0.05) is 0 Å². The monoisotopic (exact) mass is 347 g/mol. The van der Waals surface area contributed by atoms with Gasteiger partial charge < -0.3 is 14.0 Å². The molecule has 0 radical (unpaired) electrons. The fraction of sp³-hybridized carbons (Fsp3) is 0.500. The number of ether oxygens (including phenoxy) is 2. The molecule has 2 aromatic heterocycles. The van der Waals surface area contributed by atoms with Gasteiger partial charge in [-0.05, 0) is 13.0 Å². The largest absolute Gasteiger partial charge is 0.466 e. The first-order valence-electron chi connectivity index (χ1n) is 7.22. The third-order valence-corrected chi connectivity index (χ3v) is 3.24. The van der Waals surface area contributed by atoms with Gasteiger partial charge in [0.15, 0.2) is 0 Å². The summed E-state index contributed by atoms with van der Waals surface area (Å²) in [5, 5.41) is 5.53. The van der Waals surface area contributed by atoms with E-state index < -0.39 is 23.4 Å². The van der Waals surface area contributed by atoms with Crippen LogP contribution in [-0.2, 0) is 27.0 Å². The summed E-state index contributed by atoms with van der Waals surface area (Å²) in [4.78, 5) is 22.7. The first-order valence-corrected chi connectivity index (χ1v) is 7.22. The first-order chi connectivity index (χ1) is 11.3. The van der Waals surface area contributed by atoms with Crippen molar-refractivity contribution in [2.24, 2.45) is 0 Å². The Morgan fingerprint density at radius 2 is 2.12 bits per heavy atom. The molecule has 2 heterocycles. The van der Waals surface area contributed by atoms with Crippen molar-refractivity contribution in [1.29, 1.82) is 0 Å². The molecule has 0 saturated heterocycles. The minimum atomic E-state index is -4.61. The van der Waals surface area contributed by atoms with E-state index in [1.165, 1.54) is 0 Å². The molecule has 10 heteroatoms. The minimum Gasteiger partial charge on any atom is -0.466 e. The summed E-state index contributed by atoms with van der Waals surface area (Å²) < 4.78 is 50.2. The van der Waals surface area contributed by atoms with E-state index in [-0.39, 0.29) is 43.7 Å². The Kier molecular flexibility index (Phi) is 5.60. The normalized spacial score (nSPS) is 11.8. The van der Waals surface area contributed by atoms with Crippen LogP contribution in [0.1, 0.15) is 19.0 Å². The van der Waals surface area contributed by atoms with Crippen LogP contribution in [0.2, 0.25) is 0 Å². The molecule has 0 fully saturated rings. The summed E-state index contributed by atoms with van der Waals surface area (Å²) >= 11 is 0. The lowest BCUT2D eigenvalue weighted by Gasteiger charge is -2.13. The summed E-state index contributed by atoms with van der Waals surface area (Å²) in [5.41, 5.74) is -1.58. The third-order valence-electron chi connectivity index (χ3n) is 3.24. The smallest absolute Gasteiger partial charge is 0.431 e. The highest BCUT2D eigenvalue weighted by molar-refractivity contribution is 5.79. The Morgan fingerprint density at radius 3 is 2.79 bits per heavy atom. The molecule has 7 nitrogen and oxygen atoms in total. The maximum absolute atomic E-state index is 13.1. The standard InChI is InChI=1S/C14H16F3N3O4/c1-2-24-12(21)3-5-23-6-4-20-10-8-18-19-13(22)9(10)7-11(20)14(15,16)17/h7-8H,2-6H2,1H3,(H,19,22). The summed E-state index contributed by atoms with van der Waals surface area (Å²) in [5.74, 6) is -0.435. The van der Waals surface area contributed by atoms with Crippen molar-refractivity contribution >= 4 is 16.9 Å². The van der Waals surface area contributed by atoms with Crippen molar-refractivity contribution in [2.45, 2.75) is 26.1 Å². The van der Waals surface area contributed by atoms with Crippen molar-refractivity contribution in [1.82, 2.24) is 14.8 Å². The zero-order valence-electron chi connectivity index (χ0n) is 12.9. The number of aromatic nitrogens is 3. The number of rotatable bonds is 7. The molecule has 0 atom stereocenters. The molecule has 0 saturated carbocycles. The number of nitrogens with zero attached hydrogens (tertiary/aromatic N) is 2. The van der Waals surface area contributed by atoms with E-state index in [0.717, 1.165) is 16.8 Å². The Balaban J connectivity index is 2.09. The Hall–Kier alpha value is -2.36. The summed E-state index contributed by atoms with van der Waals surface area (Å²) in [7, 11) is 0. The molecule has 0 unspecified atom stereocenters. The van der Waals surface area contributed by atoms with E-state index in [2.05, 4.69) is 10.2 Å². The van der Waals surface area contributed by atoms with Gasteiger partial charge in [0.1, 0.15) is 5.69 Å². The zero-order chi connectivity index (χ0) is 17.7. The van der Waals surface area contributed by atoms with Gasteiger partial charge in [-0.15, -0.1) is 0 Å². The van der Waals surface area contributed by atoms with Crippen molar-refractivity contribution in [3.05, 3.63) is 28.3 Å². The topological polar surface area (TPSA) is 86.2 Å². The van der Waals surface area contributed by atoms with E-state index in [0.29, 0.717) is 0 Å². The van der Waals surface area contributed by atoms with Crippen LogP contribution in [0, 0.1) is 0 Å². The van der Waals surface area contributed by atoms with Crippen LogP contribution in [0.3, 0.4) is 0 Å². The molecule has 0 aliphatic heterocycles. The van der Waals surface area contributed by atoms with Gasteiger partial charge in [0.2, 0.25) is 0 Å². The fourth-order valence-electron chi connectivity index (χ4n) is 2.22. The molecule has 132 valence electrons. The van der Waals surface area contributed by atoms with Crippen LogP contribution in [0.5, 0.6) is 0 Å². The van der Waals surface area contributed by atoms with E-state index in [1.807, 2.05) is 0 Å². The van der Waals surface area contributed by atoms with Crippen molar-refractivity contribution in [2.75, 3.05) is 19.8 Å². The Morgan fingerprint density at radius 1 is 1.38 bits per heavy atom. The van der Waals surface area contributed by atoms with Gasteiger partial charge >= 0.3 is 12.1 Å². The molecule has 0 aromatic carbocycles. The molecule has 2 rings (SSSR count). The van der Waals surface area contributed by atoms with Gasteiger partial charge in [-0.25, -0.2) is 5.10 Å². The van der Waals surface area contributed by atoms with Gasteiger partial charge in [0.25, 0.3) is 5.56 Å². The maximum Gasteiger partial charge on any atom is 0.431 e. The Bertz CT molecular complexity index is 767. The molecule has 0 aliphatic carbocycles. The van der Waals surface area contributed by atoms with Gasteiger partial charge in [0, 0.05) is 6.54 Å². The first kappa shape index (κ1) is 18.0. The van der Waals surface area contributed by atoms with Crippen LogP contribution in [0.15, 0.2) is 17.1 Å². The second-order valence-electron chi connectivity index (χ2n) is 4.84. The number of nitrogens with one attached hydrogen (secondary N) is 1. The van der Waals surface area contributed by atoms with Crippen molar-refractivity contribution < 1.29 is 27.4 Å². The highest BCUT2D eigenvalue weighted by atomic mass is 19.4. The molecule has 2 aromatic rings. The van der Waals surface area contributed by atoms with E-state index in [1.54, 1.807) is 6.92 Å². The van der Waals surface area contributed by atoms with Gasteiger partial charge in [0.05, 0.1) is 43.3 Å². The molecule has 0 bridgehead atoms. The molecular formula is C14H16F3N3O4. The number of H-pyrrole nitrogens is 1. The zero-order valence-corrected chi connectivity index (χ0v) is 12.9. The quantitative estimate of drug-likeness (QED) is 0.609.